The van der Waals surface area contributed by atoms with E-state index in [-0.39, 0.29) is 40.9 Å². The van der Waals surface area contributed by atoms with Crippen LogP contribution in [0.1, 0.15) is 79.1 Å². The third-order valence-corrected chi connectivity index (χ3v) is 8.96. The second-order valence-corrected chi connectivity index (χ2v) is 10.3. The van der Waals surface area contributed by atoms with Gasteiger partial charge in [-0.15, -0.1) is 0 Å². The summed E-state index contributed by atoms with van der Waals surface area (Å²) in [6.45, 7) is 7.55. The van der Waals surface area contributed by atoms with E-state index in [9.17, 15) is 14.4 Å². The van der Waals surface area contributed by atoms with Gasteiger partial charge >= 0.3 is 11.9 Å². The maximum Gasteiger partial charge on any atom is 0.302 e. The van der Waals surface area contributed by atoms with Gasteiger partial charge in [0, 0.05) is 31.6 Å². The highest BCUT2D eigenvalue weighted by Gasteiger charge is 2.63. The Morgan fingerprint density at radius 2 is 1.54 bits per heavy atom. The Labute approximate surface area is 167 Å². The normalized spacial score (nSPS) is 47.5. The second-order valence-electron chi connectivity index (χ2n) is 10.3. The van der Waals surface area contributed by atoms with Gasteiger partial charge < -0.3 is 9.47 Å². The van der Waals surface area contributed by atoms with E-state index >= 15 is 0 Å². The first-order valence-corrected chi connectivity index (χ1v) is 11.0. The van der Waals surface area contributed by atoms with Gasteiger partial charge in [-0.3, -0.25) is 14.4 Å². The van der Waals surface area contributed by atoms with Crippen molar-refractivity contribution in [3.05, 3.63) is 0 Å². The van der Waals surface area contributed by atoms with Crippen LogP contribution >= 0.6 is 0 Å². The number of fused-ring (bicyclic) bond motifs is 5. The molecule has 5 nitrogen and oxygen atoms in total. The molecule has 0 aromatic carbocycles. The minimum Gasteiger partial charge on any atom is -0.463 e. The molecule has 0 amide bonds. The van der Waals surface area contributed by atoms with Gasteiger partial charge in [0.25, 0.3) is 0 Å². The third kappa shape index (κ3) is 3.00. The number of hydrogen-bond donors (Lipinski definition) is 0. The number of ether oxygens (including phenoxy) is 2. The highest BCUT2D eigenvalue weighted by atomic mass is 16.5. The zero-order chi connectivity index (χ0) is 20.3. The molecule has 0 bridgehead atoms. The predicted octanol–water partition coefficient (Wildman–Crippen LogP) is 4.07. The molecule has 4 fully saturated rings. The van der Waals surface area contributed by atoms with Crippen LogP contribution in [0.25, 0.3) is 0 Å². The average Bonchev–Trinajstić information content (AvgIpc) is 2.92. The third-order valence-electron chi connectivity index (χ3n) is 8.96. The van der Waals surface area contributed by atoms with E-state index in [1.165, 1.54) is 13.8 Å². The summed E-state index contributed by atoms with van der Waals surface area (Å²) in [4.78, 5) is 36.2. The first-order chi connectivity index (χ1) is 13.1. The second kappa shape index (κ2) is 6.84. The van der Waals surface area contributed by atoms with Crippen molar-refractivity contribution in [3.8, 4) is 0 Å². The van der Waals surface area contributed by atoms with Crippen LogP contribution in [0.2, 0.25) is 0 Å². The van der Waals surface area contributed by atoms with E-state index < -0.39 is 0 Å². The minimum absolute atomic E-state index is 0.00344. The SMILES string of the molecule is CC(=O)OC1CC[C@@]2(C)C(C1)C(=O)C[C@@H]1[C@H]2CC[C@]2(C)C(OC(C)=O)CC[C@@H]12. The lowest BCUT2D eigenvalue weighted by Gasteiger charge is -2.59. The van der Waals surface area contributed by atoms with Gasteiger partial charge in [0.15, 0.2) is 0 Å². The molecule has 3 unspecified atom stereocenters. The van der Waals surface area contributed by atoms with E-state index in [1.807, 2.05) is 0 Å². The van der Waals surface area contributed by atoms with E-state index in [0.717, 1.165) is 38.5 Å². The van der Waals surface area contributed by atoms with Crippen molar-refractivity contribution < 1.29 is 23.9 Å². The zero-order valence-electron chi connectivity index (χ0n) is 17.7. The molecular formula is C23H34O5. The maximum atomic E-state index is 13.2. The van der Waals surface area contributed by atoms with Crippen LogP contribution in [0.3, 0.4) is 0 Å². The fraction of sp³-hybridized carbons (Fsp3) is 0.870. The van der Waals surface area contributed by atoms with Crippen LogP contribution in [0.4, 0.5) is 0 Å². The molecule has 0 heterocycles. The summed E-state index contributed by atoms with van der Waals surface area (Å²) in [5.74, 6) is 1.35. The summed E-state index contributed by atoms with van der Waals surface area (Å²) in [6.07, 6.45) is 7.20. The molecule has 0 saturated heterocycles. The number of rotatable bonds is 2. The summed E-state index contributed by atoms with van der Waals surface area (Å²) in [5.41, 5.74) is 0.0166. The highest BCUT2D eigenvalue weighted by Crippen LogP contribution is 2.66. The quantitative estimate of drug-likeness (QED) is 0.665. The number of hydrogen-bond acceptors (Lipinski definition) is 5. The fourth-order valence-corrected chi connectivity index (χ4v) is 7.69. The monoisotopic (exact) mass is 390 g/mol. The van der Waals surface area contributed by atoms with Crippen LogP contribution in [-0.4, -0.2) is 29.9 Å². The van der Waals surface area contributed by atoms with Crippen molar-refractivity contribution in [3.63, 3.8) is 0 Å². The van der Waals surface area contributed by atoms with Crippen LogP contribution in [0.5, 0.6) is 0 Å². The summed E-state index contributed by atoms with van der Waals surface area (Å²) in [7, 11) is 0. The Bertz CT molecular complexity index is 686. The van der Waals surface area contributed by atoms with Crippen LogP contribution in [-0.2, 0) is 23.9 Å². The van der Waals surface area contributed by atoms with Gasteiger partial charge in [-0.1, -0.05) is 13.8 Å². The summed E-state index contributed by atoms with van der Waals surface area (Å²) in [5, 5.41) is 0. The van der Waals surface area contributed by atoms with E-state index in [1.54, 1.807) is 0 Å². The highest BCUT2D eigenvalue weighted by molar-refractivity contribution is 5.83. The first-order valence-electron chi connectivity index (χ1n) is 11.0. The largest absolute Gasteiger partial charge is 0.463 e. The molecular weight excluding hydrogens is 356 g/mol. The smallest absolute Gasteiger partial charge is 0.302 e. The van der Waals surface area contributed by atoms with Crippen LogP contribution in [0, 0.1) is 34.5 Å². The van der Waals surface area contributed by atoms with Crippen LogP contribution in [0.15, 0.2) is 0 Å². The number of esters is 2. The fourth-order valence-electron chi connectivity index (χ4n) is 7.69. The Kier molecular flexibility index (Phi) is 4.86. The van der Waals surface area contributed by atoms with Crippen molar-refractivity contribution in [2.24, 2.45) is 34.5 Å². The van der Waals surface area contributed by atoms with Gasteiger partial charge in [-0.2, -0.15) is 0 Å². The molecule has 4 saturated carbocycles. The van der Waals surface area contributed by atoms with Gasteiger partial charge in [0.05, 0.1) is 0 Å². The van der Waals surface area contributed by atoms with Crippen LogP contribution < -0.4 is 0 Å². The molecule has 0 N–H and O–H groups in total. The topological polar surface area (TPSA) is 69.7 Å². The summed E-state index contributed by atoms with van der Waals surface area (Å²) < 4.78 is 11.2. The number of carbonyl (C=O) groups excluding carboxylic acids is 3. The van der Waals surface area contributed by atoms with Crippen molar-refractivity contribution in [2.45, 2.75) is 91.3 Å². The molecule has 5 heteroatoms. The first kappa shape index (κ1) is 19.9. The minimum atomic E-state index is -0.245. The molecule has 28 heavy (non-hydrogen) atoms. The lowest BCUT2D eigenvalue weighted by atomic mass is 9.45. The molecule has 0 aliphatic heterocycles. The Hall–Kier alpha value is -1.39. The number of Topliss-reactive ketones (excluding diaryl/α,β-unsaturated/α-hetero) is 1. The molecule has 0 spiro atoms. The van der Waals surface area contributed by atoms with E-state index in [0.29, 0.717) is 36.4 Å². The Morgan fingerprint density at radius 1 is 0.893 bits per heavy atom. The van der Waals surface area contributed by atoms with Gasteiger partial charge in [-0.25, -0.2) is 0 Å². The molecule has 4 aliphatic rings. The maximum absolute atomic E-state index is 13.2. The van der Waals surface area contributed by atoms with E-state index in [2.05, 4.69) is 13.8 Å². The molecule has 0 aromatic rings. The lowest BCUT2D eigenvalue weighted by molar-refractivity contribution is -0.174. The zero-order valence-corrected chi connectivity index (χ0v) is 17.7. The molecule has 0 radical (unpaired) electrons. The van der Waals surface area contributed by atoms with Crippen molar-refractivity contribution in [1.82, 2.24) is 0 Å². The lowest BCUT2D eigenvalue weighted by Crippen LogP contribution is -2.57. The van der Waals surface area contributed by atoms with Crippen molar-refractivity contribution >= 4 is 17.7 Å². The van der Waals surface area contributed by atoms with Gasteiger partial charge in [0.1, 0.15) is 18.0 Å². The van der Waals surface area contributed by atoms with E-state index in [4.69, 9.17) is 9.47 Å². The molecule has 4 aliphatic carbocycles. The average molecular weight is 391 g/mol. The summed E-state index contributed by atoms with van der Waals surface area (Å²) in [6, 6.07) is 0. The number of carbonyl (C=O) groups is 3. The van der Waals surface area contributed by atoms with Gasteiger partial charge in [-0.05, 0) is 68.1 Å². The van der Waals surface area contributed by atoms with Gasteiger partial charge in [0.2, 0.25) is 0 Å². The number of ketones is 1. The van der Waals surface area contributed by atoms with Crippen molar-refractivity contribution in [1.29, 1.82) is 0 Å². The molecule has 8 atom stereocenters. The standard InChI is InChI=1S/C23H34O5/c1-13(24)27-15-7-9-22(3)18-8-10-23(4)17(5-6-21(23)28-14(2)25)16(18)12-20(26)19(22)11-15/h15-19,21H,5-12H2,1-4H3/t15?,16-,17-,18+,19?,21?,22+,23-/m0/s1. The molecule has 0 aromatic heterocycles. The Morgan fingerprint density at radius 3 is 2.21 bits per heavy atom. The van der Waals surface area contributed by atoms with Crippen molar-refractivity contribution in [2.75, 3.05) is 0 Å². The predicted molar refractivity (Wildman–Crippen MR) is 103 cm³/mol. The Balaban J connectivity index is 1.56. The molecule has 156 valence electrons. The summed E-state index contributed by atoms with van der Waals surface area (Å²) >= 11 is 0. The molecule has 4 rings (SSSR count).